The molecule has 7 heteroatoms. The Morgan fingerprint density at radius 2 is 1.83 bits per heavy atom. The summed E-state index contributed by atoms with van der Waals surface area (Å²) in [4.78, 5) is 0. The van der Waals surface area contributed by atoms with Crippen LogP contribution in [0.25, 0.3) is 0 Å². The van der Waals surface area contributed by atoms with Crippen LogP contribution >= 0.6 is 12.2 Å². The minimum absolute atomic E-state index is 0.259. The Balaban J connectivity index is 2.00. The van der Waals surface area contributed by atoms with Crippen molar-refractivity contribution in [2.45, 2.75) is 6.54 Å². The third-order valence-electron chi connectivity index (χ3n) is 3.09. The summed E-state index contributed by atoms with van der Waals surface area (Å²) in [7, 11) is 3.11. The fraction of sp³-hybridized carbons (Fsp3) is 0.188. The van der Waals surface area contributed by atoms with E-state index in [0.717, 1.165) is 12.1 Å². The molecular formula is C16H16F2N2O2S. The molecule has 0 saturated carbocycles. The first-order valence-electron chi connectivity index (χ1n) is 6.74. The van der Waals surface area contributed by atoms with Crippen molar-refractivity contribution in [3.05, 3.63) is 53.6 Å². The normalized spacial score (nSPS) is 10.1. The number of methoxy groups -OCH3 is 2. The van der Waals surface area contributed by atoms with Gasteiger partial charge in [-0.3, -0.25) is 0 Å². The van der Waals surface area contributed by atoms with Crippen molar-refractivity contribution in [1.82, 2.24) is 5.32 Å². The van der Waals surface area contributed by atoms with Crippen molar-refractivity contribution in [2.75, 3.05) is 19.5 Å². The van der Waals surface area contributed by atoms with Crippen LogP contribution < -0.4 is 20.1 Å². The van der Waals surface area contributed by atoms with E-state index in [2.05, 4.69) is 10.6 Å². The standard InChI is InChI=1S/C16H16F2N2O2S/c1-21-11-4-6-15(22-2)14(8-11)20-16(23)19-9-10-3-5-12(17)13(18)7-10/h3-8H,9H2,1-2H3,(H2,19,20,23). The predicted octanol–water partition coefficient (Wildman–Crippen LogP) is 3.47. The molecular weight excluding hydrogens is 322 g/mol. The van der Waals surface area contributed by atoms with Crippen LogP contribution in [0.4, 0.5) is 14.5 Å². The van der Waals surface area contributed by atoms with Crippen LogP contribution in [0.5, 0.6) is 11.5 Å². The molecule has 0 radical (unpaired) electrons. The quantitative estimate of drug-likeness (QED) is 0.817. The molecule has 0 aliphatic rings. The van der Waals surface area contributed by atoms with E-state index in [1.165, 1.54) is 6.07 Å². The summed E-state index contributed by atoms with van der Waals surface area (Å²) in [6.07, 6.45) is 0. The van der Waals surface area contributed by atoms with Gasteiger partial charge in [-0.25, -0.2) is 8.78 Å². The zero-order valence-corrected chi connectivity index (χ0v) is 13.5. The van der Waals surface area contributed by atoms with Gasteiger partial charge in [-0.05, 0) is 42.0 Å². The number of anilines is 1. The number of hydrogen-bond donors (Lipinski definition) is 2. The lowest BCUT2D eigenvalue weighted by Crippen LogP contribution is -2.28. The highest BCUT2D eigenvalue weighted by Crippen LogP contribution is 2.28. The van der Waals surface area contributed by atoms with Crippen molar-refractivity contribution >= 4 is 23.0 Å². The summed E-state index contributed by atoms with van der Waals surface area (Å²) in [5.41, 5.74) is 1.21. The van der Waals surface area contributed by atoms with Crippen LogP contribution in [0.3, 0.4) is 0 Å². The maximum absolute atomic E-state index is 13.2. The molecule has 0 amide bonds. The molecule has 122 valence electrons. The predicted molar refractivity (Wildman–Crippen MR) is 89.0 cm³/mol. The Morgan fingerprint density at radius 1 is 1.04 bits per heavy atom. The SMILES string of the molecule is COc1ccc(OC)c(NC(=S)NCc2ccc(F)c(F)c2)c1. The van der Waals surface area contributed by atoms with Gasteiger partial charge in [-0.2, -0.15) is 0 Å². The van der Waals surface area contributed by atoms with Crippen LogP contribution in [0, 0.1) is 11.6 Å². The molecule has 2 aromatic carbocycles. The van der Waals surface area contributed by atoms with Gasteiger partial charge in [-0.1, -0.05) is 6.07 Å². The van der Waals surface area contributed by atoms with Gasteiger partial charge < -0.3 is 20.1 Å². The zero-order valence-electron chi connectivity index (χ0n) is 12.7. The molecule has 2 rings (SSSR count). The second-order valence-corrected chi connectivity index (χ2v) is 5.03. The van der Waals surface area contributed by atoms with E-state index in [9.17, 15) is 8.78 Å². The topological polar surface area (TPSA) is 42.5 Å². The monoisotopic (exact) mass is 338 g/mol. The van der Waals surface area contributed by atoms with Gasteiger partial charge in [0.25, 0.3) is 0 Å². The third-order valence-corrected chi connectivity index (χ3v) is 3.34. The molecule has 0 aliphatic carbocycles. The van der Waals surface area contributed by atoms with Crippen LogP contribution in [-0.2, 0) is 6.54 Å². The molecule has 0 bridgehead atoms. The summed E-state index contributed by atoms with van der Waals surface area (Å²) in [5, 5.41) is 6.22. The average Bonchev–Trinajstić information content (AvgIpc) is 2.55. The molecule has 0 spiro atoms. The molecule has 23 heavy (non-hydrogen) atoms. The largest absolute Gasteiger partial charge is 0.497 e. The second-order valence-electron chi connectivity index (χ2n) is 4.62. The number of ether oxygens (including phenoxy) is 2. The minimum atomic E-state index is -0.891. The summed E-state index contributed by atoms with van der Waals surface area (Å²) >= 11 is 5.19. The van der Waals surface area contributed by atoms with Crippen molar-refractivity contribution in [3.8, 4) is 11.5 Å². The number of nitrogens with one attached hydrogen (secondary N) is 2. The minimum Gasteiger partial charge on any atom is -0.497 e. The maximum Gasteiger partial charge on any atom is 0.171 e. The highest BCUT2D eigenvalue weighted by Gasteiger charge is 2.07. The molecule has 2 aromatic rings. The first kappa shape index (κ1) is 17.0. The number of benzene rings is 2. The first-order chi connectivity index (χ1) is 11.0. The van der Waals surface area contributed by atoms with Crippen LogP contribution in [0.2, 0.25) is 0 Å². The van der Waals surface area contributed by atoms with Gasteiger partial charge in [0.05, 0.1) is 19.9 Å². The molecule has 0 aromatic heterocycles. The van der Waals surface area contributed by atoms with Crippen LogP contribution in [0.15, 0.2) is 36.4 Å². The summed E-state index contributed by atoms with van der Waals surface area (Å²) in [5.74, 6) is -0.521. The molecule has 0 saturated heterocycles. The van der Waals surface area contributed by atoms with Crippen LogP contribution in [-0.4, -0.2) is 19.3 Å². The molecule has 2 N–H and O–H groups in total. The summed E-state index contributed by atoms with van der Waals surface area (Å²) in [6, 6.07) is 8.94. The van der Waals surface area contributed by atoms with Crippen molar-refractivity contribution in [1.29, 1.82) is 0 Å². The van der Waals surface area contributed by atoms with Gasteiger partial charge in [0.15, 0.2) is 16.7 Å². The van der Waals surface area contributed by atoms with Gasteiger partial charge in [0.1, 0.15) is 11.5 Å². The van der Waals surface area contributed by atoms with Crippen molar-refractivity contribution in [3.63, 3.8) is 0 Å². The summed E-state index contributed by atoms with van der Waals surface area (Å²) in [6.45, 7) is 0.259. The second kappa shape index (κ2) is 7.73. The lowest BCUT2D eigenvalue weighted by Gasteiger charge is -2.14. The van der Waals surface area contributed by atoms with E-state index < -0.39 is 11.6 Å². The molecule has 0 heterocycles. The molecule has 0 atom stereocenters. The first-order valence-corrected chi connectivity index (χ1v) is 7.15. The van der Waals surface area contributed by atoms with E-state index >= 15 is 0 Å². The smallest absolute Gasteiger partial charge is 0.171 e. The lowest BCUT2D eigenvalue weighted by molar-refractivity contribution is 0.405. The fourth-order valence-corrected chi connectivity index (χ4v) is 2.09. The molecule has 0 unspecified atom stereocenters. The zero-order chi connectivity index (χ0) is 16.8. The Hall–Kier alpha value is -2.41. The Kier molecular flexibility index (Phi) is 5.70. The highest BCUT2D eigenvalue weighted by molar-refractivity contribution is 7.80. The molecule has 0 fully saturated rings. The van der Waals surface area contributed by atoms with Gasteiger partial charge in [0.2, 0.25) is 0 Å². The Morgan fingerprint density at radius 3 is 2.48 bits per heavy atom. The Labute approximate surface area is 138 Å². The average molecular weight is 338 g/mol. The number of halogens is 2. The van der Waals surface area contributed by atoms with Crippen molar-refractivity contribution < 1.29 is 18.3 Å². The number of hydrogen-bond acceptors (Lipinski definition) is 3. The third kappa shape index (κ3) is 4.53. The van der Waals surface area contributed by atoms with E-state index in [-0.39, 0.29) is 6.54 Å². The Bertz CT molecular complexity index is 710. The summed E-state index contributed by atoms with van der Waals surface area (Å²) < 4.78 is 36.4. The van der Waals surface area contributed by atoms with E-state index in [0.29, 0.717) is 27.9 Å². The van der Waals surface area contributed by atoms with Crippen molar-refractivity contribution in [2.24, 2.45) is 0 Å². The highest BCUT2D eigenvalue weighted by atomic mass is 32.1. The van der Waals surface area contributed by atoms with Gasteiger partial charge in [0, 0.05) is 12.6 Å². The van der Waals surface area contributed by atoms with Crippen LogP contribution in [0.1, 0.15) is 5.56 Å². The van der Waals surface area contributed by atoms with Gasteiger partial charge >= 0.3 is 0 Å². The van der Waals surface area contributed by atoms with Gasteiger partial charge in [-0.15, -0.1) is 0 Å². The van der Waals surface area contributed by atoms with E-state index in [1.54, 1.807) is 32.4 Å². The molecule has 4 nitrogen and oxygen atoms in total. The van der Waals surface area contributed by atoms with E-state index in [4.69, 9.17) is 21.7 Å². The van der Waals surface area contributed by atoms with E-state index in [1.807, 2.05) is 0 Å². The fourth-order valence-electron chi connectivity index (χ4n) is 1.91. The lowest BCUT2D eigenvalue weighted by atomic mass is 10.2. The molecule has 0 aliphatic heterocycles. The number of thiocarbonyl (C=S) groups is 1. The maximum atomic E-state index is 13.2. The number of rotatable bonds is 5.